The van der Waals surface area contributed by atoms with Gasteiger partial charge in [-0.05, 0) is 43.2 Å². The predicted octanol–water partition coefficient (Wildman–Crippen LogP) is 3.99. The highest BCUT2D eigenvalue weighted by Crippen LogP contribution is 2.20. The van der Waals surface area contributed by atoms with Gasteiger partial charge >= 0.3 is 0 Å². The molecule has 2 amide bonds. The maximum Gasteiger partial charge on any atom is 0.257 e. The Balaban J connectivity index is 1.27. The molecule has 0 atom stereocenters. The maximum atomic E-state index is 13.3. The molecule has 0 bridgehead atoms. The summed E-state index contributed by atoms with van der Waals surface area (Å²) in [5.41, 5.74) is 1.60. The average Bonchev–Trinajstić information content (AvgIpc) is 3.15. The molecule has 0 spiro atoms. The number of carbonyl (C=O) groups excluding carboxylic acids is 2. The summed E-state index contributed by atoms with van der Waals surface area (Å²) in [5.74, 6) is -0.162. The number of nitrogens with one attached hydrogen (secondary N) is 3. The minimum Gasteiger partial charge on any atom is -0.484 e. The molecule has 3 rings (SSSR count). The van der Waals surface area contributed by atoms with Crippen molar-refractivity contribution in [2.24, 2.45) is 0 Å². The van der Waals surface area contributed by atoms with Crippen molar-refractivity contribution >= 4 is 46.0 Å². The van der Waals surface area contributed by atoms with Crippen LogP contribution in [0, 0.1) is 5.82 Å². The van der Waals surface area contributed by atoms with Crippen LogP contribution in [0.4, 0.5) is 4.39 Å². The van der Waals surface area contributed by atoms with Crippen LogP contribution in [0.5, 0.6) is 5.75 Å². The number of hydrogen-bond donors (Lipinski definition) is 3. The van der Waals surface area contributed by atoms with Crippen molar-refractivity contribution in [3.05, 3.63) is 58.1 Å². The zero-order valence-corrected chi connectivity index (χ0v) is 18.0. The molecule has 2 aromatic carbocycles. The first-order valence-electron chi connectivity index (χ1n) is 9.66. The fourth-order valence-electron chi connectivity index (χ4n) is 2.79. The monoisotopic (exact) mass is 466 g/mol. The molecular formula is C21H21Cl2FN4O3. The normalized spacial score (nSPS) is 10.8. The molecule has 0 aliphatic heterocycles. The maximum absolute atomic E-state index is 13.3. The van der Waals surface area contributed by atoms with E-state index in [2.05, 4.69) is 20.6 Å². The van der Waals surface area contributed by atoms with Crippen LogP contribution >= 0.6 is 23.2 Å². The Bertz CT molecular complexity index is 1070. The Morgan fingerprint density at radius 2 is 1.90 bits per heavy atom. The lowest BCUT2D eigenvalue weighted by molar-refractivity contribution is -0.123. The fourth-order valence-corrected chi connectivity index (χ4v) is 3.08. The van der Waals surface area contributed by atoms with Crippen LogP contribution in [-0.2, 0) is 16.1 Å². The molecule has 3 N–H and O–H groups in total. The molecule has 1 heterocycles. The minimum absolute atomic E-state index is 0.0108. The topological polar surface area (TPSA) is 96.1 Å². The van der Waals surface area contributed by atoms with E-state index in [0.717, 1.165) is 17.1 Å². The van der Waals surface area contributed by atoms with E-state index in [1.807, 2.05) is 6.07 Å². The van der Waals surface area contributed by atoms with Crippen LogP contribution in [0.2, 0.25) is 10.0 Å². The molecule has 0 saturated heterocycles. The summed E-state index contributed by atoms with van der Waals surface area (Å²) in [6.45, 7) is 0.476. The van der Waals surface area contributed by atoms with Crippen molar-refractivity contribution < 1.29 is 18.7 Å². The van der Waals surface area contributed by atoms with Gasteiger partial charge in [-0.25, -0.2) is 9.37 Å². The predicted molar refractivity (Wildman–Crippen MR) is 117 cm³/mol. The summed E-state index contributed by atoms with van der Waals surface area (Å²) in [7, 11) is 0. The van der Waals surface area contributed by atoms with E-state index in [-0.39, 0.29) is 29.2 Å². The third-order valence-electron chi connectivity index (χ3n) is 4.36. The van der Waals surface area contributed by atoms with Crippen LogP contribution < -0.4 is 15.4 Å². The Kier molecular flexibility index (Phi) is 8.08. The van der Waals surface area contributed by atoms with E-state index in [9.17, 15) is 14.0 Å². The van der Waals surface area contributed by atoms with Crippen LogP contribution in [-0.4, -0.2) is 34.9 Å². The Morgan fingerprint density at radius 1 is 1.06 bits per heavy atom. The number of imidazole rings is 1. The molecule has 0 radical (unpaired) electrons. The number of halogens is 3. The summed E-state index contributed by atoms with van der Waals surface area (Å²) in [6, 6.07) is 9.32. The molecule has 3 aromatic rings. The van der Waals surface area contributed by atoms with Gasteiger partial charge in [0, 0.05) is 24.1 Å². The van der Waals surface area contributed by atoms with Crippen LogP contribution in [0.25, 0.3) is 11.0 Å². The molecule has 0 unspecified atom stereocenters. The second kappa shape index (κ2) is 11.0. The number of benzene rings is 2. The quantitative estimate of drug-likeness (QED) is 0.393. The first-order chi connectivity index (χ1) is 14.9. The fraction of sp³-hybridized carbons (Fsp3) is 0.286. The summed E-state index contributed by atoms with van der Waals surface area (Å²) >= 11 is 11.5. The summed E-state index contributed by atoms with van der Waals surface area (Å²) in [6.07, 6.45) is 1.59. The van der Waals surface area contributed by atoms with Crippen molar-refractivity contribution in [2.45, 2.75) is 25.8 Å². The highest BCUT2D eigenvalue weighted by atomic mass is 35.5. The lowest BCUT2D eigenvalue weighted by Gasteiger charge is -2.08. The number of carbonyl (C=O) groups is 2. The Morgan fingerprint density at radius 3 is 2.71 bits per heavy atom. The van der Waals surface area contributed by atoms with Gasteiger partial charge in [0.2, 0.25) is 5.91 Å². The highest BCUT2D eigenvalue weighted by Gasteiger charge is 2.07. The van der Waals surface area contributed by atoms with E-state index in [1.54, 1.807) is 12.1 Å². The number of H-pyrrole nitrogens is 1. The van der Waals surface area contributed by atoms with Gasteiger partial charge < -0.3 is 20.4 Å². The van der Waals surface area contributed by atoms with E-state index in [1.165, 1.54) is 12.1 Å². The number of unbranched alkanes of at least 4 members (excludes halogenated alkanes) is 1. The number of aromatic amines is 1. The molecular weight excluding hydrogens is 446 g/mol. The Hall–Kier alpha value is -2.84. The standard InChI is InChI=1S/C21H21Cl2FN4O3/c22-13-4-7-17-18(9-13)28-19(27-17)11-26-20(29)3-1-2-8-25-21(30)12-31-14-5-6-15(23)16(24)10-14/h4-7,9-10H,1-3,8,11-12H2,(H,25,30)(H,26,29)(H,27,28). The van der Waals surface area contributed by atoms with E-state index in [4.69, 9.17) is 27.9 Å². The van der Waals surface area contributed by atoms with Gasteiger partial charge in [0.1, 0.15) is 17.4 Å². The number of nitrogens with zero attached hydrogens (tertiary/aromatic N) is 1. The van der Waals surface area contributed by atoms with Gasteiger partial charge in [-0.1, -0.05) is 23.2 Å². The lowest BCUT2D eigenvalue weighted by atomic mass is 10.2. The molecule has 31 heavy (non-hydrogen) atoms. The zero-order valence-electron chi connectivity index (χ0n) is 16.5. The molecule has 0 aliphatic rings. The van der Waals surface area contributed by atoms with Gasteiger partial charge in [0.15, 0.2) is 6.61 Å². The van der Waals surface area contributed by atoms with Gasteiger partial charge in [-0.2, -0.15) is 0 Å². The van der Waals surface area contributed by atoms with Crippen LogP contribution in [0.15, 0.2) is 36.4 Å². The van der Waals surface area contributed by atoms with E-state index >= 15 is 0 Å². The molecule has 7 nitrogen and oxygen atoms in total. The zero-order chi connectivity index (χ0) is 22.2. The first kappa shape index (κ1) is 22.8. The Labute approximate surface area is 188 Å². The van der Waals surface area contributed by atoms with Crippen molar-refractivity contribution in [3.8, 4) is 5.75 Å². The second-order valence-electron chi connectivity index (χ2n) is 6.79. The number of fused-ring (bicyclic) bond motifs is 1. The number of ether oxygens (including phenoxy) is 1. The molecule has 164 valence electrons. The number of aromatic nitrogens is 2. The van der Waals surface area contributed by atoms with Gasteiger partial charge in [0.25, 0.3) is 5.91 Å². The largest absolute Gasteiger partial charge is 0.484 e. The average molecular weight is 467 g/mol. The molecule has 10 heteroatoms. The summed E-state index contributed by atoms with van der Waals surface area (Å²) < 4.78 is 18.5. The number of amides is 2. The van der Waals surface area contributed by atoms with E-state index < -0.39 is 5.82 Å². The number of rotatable bonds is 10. The van der Waals surface area contributed by atoms with Crippen LogP contribution in [0.1, 0.15) is 25.1 Å². The van der Waals surface area contributed by atoms with Crippen molar-refractivity contribution in [1.82, 2.24) is 20.6 Å². The summed E-state index contributed by atoms with van der Waals surface area (Å²) in [4.78, 5) is 31.2. The first-order valence-corrected chi connectivity index (χ1v) is 10.4. The lowest BCUT2D eigenvalue weighted by Crippen LogP contribution is -2.30. The highest BCUT2D eigenvalue weighted by molar-refractivity contribution is 6.31. The molecule has 0 saturated carbocycles. The van der Waals surface area contributed by atoms with Crippen LogP contribution in [0.3, 0.4) is 0 Å². The number of hydrogen-bond acceptors (Lipinski definition) is 4. The third-order valence-corrected chi connectivity index (χ3v) is 4.90. The second-order valence-corrected chi connectivity index (χ2v) is 7.64. The van der Waals surface area contributed by atoms with Gasteiger partial charge in [-0.15, -0.1) is 0 Å². The smallest absolute Gasteiger partial charge is 0.257 e. The SMILES string of the molecule is O=C(CCCCNC(=O)COc1ccc(Cl)c(F)c1)NCc1nc2ccc(Cl)cc2[nH]1. The van der Waals surface area contributed by atoms with Gasteiger partial charge in [0.05, 0.1) is 22.6 Å². The third kappa shape index (κ3) is 7.11. The summed E-state index contributed by atoms with van der Waals surface area (Å²) in [5, 5.41) is 6.10. The minimum atomic E-state index is -0.609. The van der Waals surface area contributed by atoms with Crippen molar-refractivity contribution in [2.75, 3.05) is 13.2 Å². The molecule has 0 fully saturated rings. The van der Waals surface area contributed by atoms with Crippen molar-refractivity contribution in [3.63, 3.8) is 0 Å². The van der Waals surface area contributed by atoms with E-state index in [0.29, 0.717) is 43.2 Å². The van der Waals surface area contributed by atoms with Gasteiger partial charge in [-0.3, -0.25) is 9.59 Å². The molecule has 1 aromatic heterocycles. The molecule has 0 aliphatic carbocycles. The van der Waals surface area contributed by atoms with Crippen molar-refractivity contribution in [1.29, 1.82) is 0 Å².